The Balaban J connectivity index is 0.00000156. The van der Waals surface area contributed by atoms with Crippen LogP contribution < -0.4 is 15.4 Å². The van der Waals surface area contributed by atoms with Gasteiger partial charge in [0.2, 0.25) is 5.91 Å². The lowest BCUT2D eigenvalue weighted by molar-refractivity contribution is -0.125. The molecule has 23 heavy (non-hydrogen) atoms. The summed E-state index contributed by atoms with van der Waals surface area (Å²) in [5, 5.41) is 6.58. The molecule has 1 amide bonds. The number of halogens is 1. The number of carbonyl (C=O) groups is 1. The van der Waals surface area contributed by atoms with Crippen LogP contribution in [0.1, 0.15) is 50.1 Å². The smallest absolute Gasteiger partial charge is 0.224 e. The molecular weight excluding hydrogens is 312 g/mol. The molecule has 1 saturated heterocycles. The highest BCUT2D eigenvalue weighted by molar-refractivity contribution is 5.85. The fourth-order valence-corrected chi connectivity index (χ4v) is 4.24. The van der Waals surface area contributed by atoms with Gasteiger partial charge in [0.25, 0.3) is 0 Å². The number of carbonyl (C=O) groups excluding carboxylic acids is 1. The van der Waals surface area contributed by atoms with Crippen molar-refractivity contribution in [2.45, 2.75) is 50.2 Å². The van der Waals surface area contributed by atoms with Crippen LogP contribution in [0, 0.1) is 5.92 Å². The number of para-hydroxylation sites is 1. The van der Waals surface area contributed by atoms with Gasteiger partial charge >= 0.3 is 0 Å². The molecule has 1 spiro atoms. The third-order valence-corrected chi connectivity index (χ3v) is 5.46. The van der Waals surface area contributed by atoms with Crippen LogP contribution in [0.3, 0.4) is 0 Å². The van der Waals surface area contributed by atoms with Gasteiger partial charge in [-0.3, -0.25) is 4.79 Å². The second kappa shape index (κ2) is 6.70. The predicted octanol–water partition coefficient (Wildman–Crippen LogP) is 2.97. The summed E-state index contributed by atoms with van der Waals surface area (Å²) in [4.78, 5) is 12.5. The molecular formula is C18H25ClN2O2. The molecule has 0 bridgehead atoms. The molecule has 2 fully saturated rings. The maximum Gasteiger partial charge on any atom is 0.224 e. The van der Waals surface area contributed by atoms with E-state index in [1.165, 1.54) is 12.8 Å². The Bertz CT molecular complexity index is 566. The van der Waals surface area contributed by atoms with Crippen molar-refractivity contribution in [2.24, 2.45) is 5.92 Å². The lowest BCUT2D eigenvalue weighted by Gasteiger charge is -2.40. The Morgan fingerprint density at radius 2 is 2.04 bits per heavy atom. The zero-order valence-corrected chi connectivity index (χ0v) is 14.2. The van der Waals surface area contributed by atoms with E-state index in [4.69, 9.17) is 4.74 Å². The Hall–Kier alpha value is -1.26. The molecule has 2 atom stereocenters. The van der Waals surface area contributed by atoms with Crippen LogP contribution in [0.5, 0.6) is 5.75 Å². The molecule has 2 heterocycles. The maximum absolute atomic E-state index is 12.5. The summed E-state index contributed by atoms with van der Waals surface area (Å²) in [6.07, 6.45) is 6.54. The fraction of sp³-hybridized carbons (Fsp3) is 0.611. The summed E-state index contributed by atoms with van der Waals surface area (Å²) < 4.78 is 6.35. The Kier molecular flexibility index (Phi) is 4.83. The number of hydrogen-bond donors (Lipinski definition) is 2. The molecule has 0 aromatic heterocycles. The molecule has 0 radical (unpaired) electrons. The van der Waals surface area contributed by atoms with Crippen molar-refractivity contribution >= 4 is 18.3 Å². The van der Waals surface area contributed by atoms with Crippen molar-refractivity contribution in [3.63, 3.8) is 0 Å². The van der Waals surface area contributed by atoms with Gasteiger partial charge in [-0.15, -0.1) is 12.4 Å². The van der Waals surface area contributed by atoms with Crippen molar-refractivity contribution in [1.29, 1.82) is 0 Å². The lowest BCUT2D eigenvalue weighted by Crippen LogP contribution is -2.45. The van der Waals surface area contributed by atoms with Crippen molar-refractivity contribution in [1.82, 2.24) is 10.6 Å². The van der Waals surface area contributed by atoms with Crippen LogP contribution in [0.4, 0.5) is 0 Å². The van der Waals surface area contributed by atoms with Crippen molar-refractivity contribution in [3.8, 4) is 5.75 Å². The van der Waals surface area contributed by atoms with E-state index in [-0.39, 0.29) is 35.9 Å². The van der Waals surface area contributed by atoms with Gasteiger partial charge in [-0.1, -0.05) is 18.2 Å². The number of nitrogens with one attached hydrogen (secondary N) is 2. The summed E-state index contributed by atoms with van der Waals surface area (Å²) in [6, 6.07) is 8.29. The molecule has 1 aliphatic carbocycles. The van der Waals surface area contributed by atoms with E-state index in [2.05, 4.69) is 16.7 Å². The van der Waals surface area contributed by atoms with Crippen molar-refractivity contribution < 1.29 is 9.53 Å². The average molecular weight is 337 g/mol. The maximum atomic E-state index is 12.5. The van der Waals surface area contributed by atoms with Crippen molar-refractivity contribution in [2.75, 3.05) is 13.1 Å². The standard InChI is InChI=1S/C18H24N2O2.ClH/c21-17(13-7-10-19-12-13)20-15-11-18(8-3-4-9-18)22-16-6-2-1-5-14(15)16;/h1-2,5-6,13,15,19H,3-4,7-12H2,(H,20,21);1H. The van der Waals surface area contributed by atoms with E-state index in [1.54, 1.807) is 0 Å². The topological polar surface area (TPSA) is 50.4 Å². The van der Waals surface area contributed by atoms with Crippen LogP contribution >= 0.6 is 12.4 Å². The highest BCUT2D eigenvalue weighted by Crippen LogP contribution is 2.47. The second-order valence-electron chi connectivity index (χ2n) is 6.99. The number of rotatable bonds is 2. The zero-order chi connectivity index (χ0) is 15.0. The minimum absolute atomic E-state index is 0. The Morgan fingerprint density at radius 1 is 1.26 bits per heavy atom. The second-order valence-corrected chi connectivity index (χ2v) is 6.99. The van der Waals surface area contributed by atoms with Gasteiger partial charge in [0.15, 0.2) is 0 Å². The number of ether oxygens (including phenoxy) is 1. The molecule has 5 heteroatoms. The third-order valence-electron chi connectivity index (χ3n) is 5.46. The molecule has 4 rings (SSSR count). The average Bonchev–Trinajstić information content (AvgIpc) is 3.19. The number of fused-ring (bicyclic) bond motifs is 1. The molecule has 2 unspecified atom stereocenters. The quantitative estimate of drug-likeness (QED) is 0.873. The molecule has 1 aromatic rings. The summed E-state index contributed by atoms with van der Waals surface area (Å²) in [7, 11) is 0. The molecule has 4 nitrogen and oxygen atoms in total. The zero-order valence-electron chi connectivity index (χ0n) is 13.3. The Labute approximate surface area is 143 Å². The largest absolute Gasteiger partial charge is 0.487 e. The molecule has 1 aromatic carbocycles. The SMILES string of the molecule is Cl.O=C(NC1CC2(CCCC2)Oc2ccccc21)C1CCNC1. The summed E-state index contributed by atoms with van der Waals surface area (Å²) in [5.41, 5.74) is 1.08. The summed E-state index contributed by atoms with van der Waals surface area (Å²) in [6.45, 7) is 1.76. The first kappa shape index (κ1) is 16.6. The molecule has 2 N–H and O–H groups in total. The van der Waals surface area contributed by atoms with Crippen LogP contribution in [-0.2, 0) is 4.79 Å². The van der Waals surface area contributed by atoms with E-state index in [9.17, 15) is 4.79 Å². The van der Waals surface area contributed by atoms with E-state index in [0.29, 0.717) is 0 Å². The van der Waals surface area contributed by atoms with Crippen molar-refractivity contribution in [3.05, 3.63) is 29.8 Å². The van der Waals surface area contributed by atoms with Crippen LogP contribution in [0.2, 0.25) is 0 Å². The molecule has 1 saturated carbocycles. The Morgan fingerprint density at radius 3 is 2.78 bits per heavy atom. The highest BCUT2D eigenvalue weighted by Gasteiger charge is 2.43. The first-order valence-electron chi connectivity index (χ1n) is 8.55. The van der Waals surface area contributed by atoms with E-state index in [1.807, 2.05) is 18.2 Å². The van der Waals surface area contributed by atoms with Gasteiger partial charge in [0.05, 0.1) is 12.0 Å². The predicted molar refractivity (Wildman–Crippen MR) is 92.0 cm³/mol. The van der Waals surface area contributed by atoms with E-state index < -0.39 is 0 Å². The monoisotopic (exact) mass is 336 g/mol. The van der Waals surface area contributed by atoms with Crippen LogP contribution in [-0.4, -0.2) is 24.6 Å². The van der Waals surface area contributed by atoms with Gasteiger partial charge in [-0.25, -0.2) is 0 Å². The van der Waals surface area contributed by atoms with Gasteiger partial charge in [-0.2, -0.15) is 0 Å². The lowest BCUT2D eigenvalue weighted by atomic mass is 9.85. The fourth-order valence-electron chi connectivity index (χ4n) is 4.24. The normalized spacial score (nSPS) is 27.8. The van der Waals surface area contributed by atoms with Gasteiger partial charge in [-0.05, 0) is 44.7 Å². The van der Waals surface area contributed by atoms with Gasteiger partial charge in [0, 0.05) is 18.5 Å². The minimum Gasteiger partial charge on any atom is -0.487 e. The molecule has 3 aliphatic rings. The first-order valence-corrected chi connectivity index (χ1v) is 8.55. The van der Waals surface area contributed by atoms with E-state index in [0.717, 1.165) is 50.1 Å². The molecule has 2 aliphatic heterocycles. The van der Waals surface area contributed by atoms with Gasteiger partial charge in [0.1, 0.15) is 11.4 Å². The summed E-state index contributed by atoms with van der Waals surface area (Å²) >= 11 is 0. The highest BCUT2D eigenvalue weighted by atomic mass is 35.5. The number of hydrogen-bond acceptors (Lipinski definition) is 3. The van der Waals surface area contributed by atoms with Crippen LogP contribution in [0.15, 0.2) is 24.3 Å². The first-order chi connectivity index (χ1) is 10.8. The summed E-state index contributed by atoms with van der Waals surface area (Å²) in [5.74, 6) is 1.28. The molecule has 126 valence electrons. The van der Waals surface area contributed by atoms with Crippen LogP contribution in [0.25, 0.3) is 0 Å². The number of benzene rings is 1. The third kappa shape index (κ3) is 3.20. The van der Waals surface area contributed by atoms with E-state index >= 15 is 0 Å². The number of amides is 1. The van der Waals surface area contributed by atoms with Gasteiger partial charge < -0.3 is 15.4 Å². The minimum atomic E-state index is -0.0553.